The van der Waals surface area contributed by atoms with Crippen LogP contribution in [0, 0.1) is 6.92 Å². The predicted molar refractivity (Wildman–Crippen MR) is 126 cm³/mol. The van der Waals surface area contributed by atoms with Gasteiger partial charge in [0.1, 0.15) is 6.61 Å². The molecule has 0 bridgehead atoms. The number of pyridine rings is 1. The van der Waals surface area contributed by atoms with Crippen LogP contribution in [-0.2, 0) is 19.6 Å². The van der Waals surface area contributed by atoms with E-state index in [1.165, 1.54) is 5.56 Å². The first-order valence-electron chi connectivity index (χ1n) is 10.8. The van der Waals surface area contributed by atoms with Crippen molar-refractivity contribution >= 4 is 16.4 Å². The van der Waals surface area contributed by atoms with Crippen LogP contribution in [0.3, 0.4) is 0 Å². The van der Waals surface area contributed by atoms with Gasteiger partial charge in [0.15, 0.2) is 5.65 Å². The number of rotatable bonds is 8. The first-order chi connectivity index (χ1) is 15.8. The van der Waals surface area contributed by atoms with Crippen molar-refractivity contribution in [1.82, 2.24) is 24.9 Å². The predicted octanol–water partition coefficient (Wildman–Crippen LogP) is 4.50. The molecular formula is C26H25N5O. The van der Waals surface area contributed by atoms with Crippen LogP contribution >= 0.6 is 0 Å². The Balaban J connectivity index is 1.26. The number of imidazole rings is 1. The van der Waals surface area contributed by atoms with E-state index in [9.17, 15) is 0 Å². The summed E-state index contributed by atoms with van der Waals surface area (Å²) in [5, 5.41) is 10.1. The lowest BCUT2D eigenvalue weighted by molar-refractivity contribution is 0.288. The maximum atomic E-state index is 6.13. The Kier molecular flexibility index (Phi) is 5.77. The normalized spacial score (nSPS) is 11.3. The lowest BCUT2D eigenvalue weighted by Crippen LogP contribution is -2.18. The number of ether oxygens (including phenoxy) is 1. The van der Waals surface area contributed by atoms with Crippen molar-refractivity contribution < 1.29 is 4.74 Å². The average Bonchev–Trinajstić information content (AvgIpc) is 3.22. The van der Waals surface area contributed by atoms with Gasteiger partial charge in [0.05, 0.1) is 23.3 Å². The van der Waals surface area contributed by atoms with Crippen molar-refractivity contribution in [3.05, 3.63) is 102 Å². The molecule has 0 spiro atoms. The number of hydrogen-bond donors (Lipinski definition) is 1. The molecule has 0 unspecified atom stereocenters. The van der Waals surface area contributed by atoms with Gasteiger partial charge < -0.3 is 10.1 Å². The van der Waals surface area contributed by atoms with Crippen LogP contribution in [0.5, 0.6) is 5.88 Å². The molecule has 160 valence electrons. The number of aromatic nitrogens is 4. The molecule has 6 nitrogen and oxygen atoms in total. The van der Waals surface area contributed by atoms with Gasteiger partial charge in [-0.1, -0.05) is 54.6 Å². The van der Waals surface area contributed by atoms with E-state index in [1.54, 1.807) is 0 Å². The van der Waals surface area contributed by atoms with Gasteiger partial charge in [-0.05, 0) is 43.7 Å². The Morgan fingerprint density at radius 2 is 1.66 bits per heavy atom. The molecule has 0 saturated carbocycles. The molecule has 0 aliphatic heterocycles. The third-order valence-electron chi connectivity index (χ3n) is 5.46. The molecule has 5 aromatic rings. The summed E-state index contributed by atoms with van der Waals surface area (Å²) in [6.07, 6.45) is 2.83. The SMILES string of the molecule is Cc1cnc2c3ccccc3c(OCc3cccc(CNCCc4ccccc4)n3)nn12. The number of nitrogens with zero attached hydrogens (tertiary/aromatic N) is 4. The third kappa shape index (κ3) is 4.31. The van der Waals surface area contributed by atoms with Crippen molar-refractivity contribution in [2.75, 3.05) is 6.54 Å². The van der Waals surface area contributed by atoms with Crippen molar-refractivity contribution in [1.29, 1.82) is 0 Å². The van der Waals surface area contributed by atoms with Gasteiger partial charge in [-0.2, -0.15) is 0 Å². The minimum Gasteiger partial charge on any atom is -0.470 e. The van der Waals surface area contributed by atoms with E-state index in [-0.39, 0.29) is 0 Å². The second kappa shape index (κ2) is 9.16. The summed E-state index contributed by atoms with van der Waals surface area (Å²) in [6, 6.07) is 24.6. The van der Waals surface area contributed by atoms with Crippen LogP contribution < -0.4 is 10.1 Å². The summed E-state index contributed by atoms with van der Waals surface area (Å²) in [6.45, 7) is 3.98. The zero-order chi connectivity index (χ0) is 21.8. The molecule has 0 atom stereocenters. The van der Waals surface area contributed by atoms with Gasteiger partial charge in [-0.15, -0.1) is 5.10 Å². The van der Waals surface area contributed by atoms with E-state index < -0.39 is 0 Å². The number of nitrogens with one attached hydrogen (secondary N) is 1. The highest BCUT2D eigenvalue weighted by Crippen LogP contribution is 2.27. The molecular weight excluding hydrogens is 398 g/mol. The molecule has 2 aromatic carbocycles. The van der Waals surface area contributed by atoms with Gasteiger partial charge in [0.25, 0.3) is 0 Å². The Labute approximate surface area is 186 Å². The van der Waals surface area contributed by atoms with E-state index in [0.717, 1.165) is 53.0 Å². The van der Waals surface area contributed by atoms with E-state index in [0.29, 0.717) is 12.5 Å². The highest BCUT2D eigenvalue weighted by Gasteiger charge is 2.12. The monoisotopic (exact) mass is 423 g/mol. The zero-order valence-corrected chi connectivity index (χ0v) is 18.0. The fourth-order valence-corrected chi connectivity index (χ4v) is 3.80. The summed E-state index contributed by atoms with van der Waals surface area (Å²) < 4.78 is 7.97. The molecule has 5 rings (SSSR count). The smallest absolute Gasteiger partial charge is 0.240 e. The van der Waals surface area contributed by atoms with Crippen molar-refractivity contribution in [2.45, 2.75) is 26.5 Å². The zero-order valence-electron chi connectivity index (χ0n) is 18.0. The maximum Gasteiger partial charge on any atom is 0.240 e. The lowest BCUT2D eigenvalue weighted by atomic mass is 10.1. The highest BCUT2D eigenvalue weighted by atomic mass is 16.5. The third-order valence-corrected chi connectivity index (χ3v) is 5.46. The summed E-state index contributed by atoms with van der Waals surface area (Å²) in [4.78, 5) is 9.25. The van der Waals surface area contributed by atoms with Gasteiger partial charge in [-0.25, -0.2) is 9.50 Å². The van der Waals surface area contributed by atoms with Crippen LogP contribution in [0.2, 0.25) is 0 Å². The summed E-state index contributed by atoms with van der Waals surface area (Å²) in [5.41, 5.74) is 5.02. The highest BCUT2D eigenvalue weighted by molar-refractivity contribution is 5.96. The van der Waals surface area contributed by atoms with E-state index in [1.807, 2.05) is 66.2 Å². The number of aryl methyl sites for hydroxylation is 1. The van der Waals surface area contributed by atoms with Crippen molar-refractivity contribution in [3.8, 4) is 5.88 Å². The van der Waals surface area contributed by atoms with Gasteiger partial charge >= 0.3 is 0 Å². The first-order valence-corrected chi connectivity index (χ1v) is 10.8. The van der Waals surface area contributed by atoms with Crippen LogP contribution in [0.4, 0.5) is 0 Å². The average molecular weight is 424 g/mol. The van der Waals surface area contributed by atoms with E-state index in [2.05, 4.69) is 39.7 Å². The number of benzene rings is 2. The lowest BCUT2D eigenvalue weighted by Gasteiger charge is -2.11. The fourth-order valence-electron chi connectivity index (χ4n) is 3.80. The molecule has 1 N–H and O–H groups in total. The summed E-state index contributed by atoms with van der Waals surface area (Å²) in [5.74, 6) is 0.586. The van der Waals surface area contributed by atoms with Crippen molar-refractivity contribution in [3.63, 3.8) is 0 Å². The minimum absolute atomic E-state index is 0.355. The van der Waals surface area contributed by atoms with Gasteiger partial charge in [0.2, 0.25) is 5.88 Å². The first kappa shape index (κ1) is 20.2. The van der Waals surface area contributed by atoms with Crippen LogP contribution in [0.1, 0.15) is 22.6 Å². The van der Waals surface area contributed by atoms with Crippen LogP contribution in [0.15, 0.2) is 79.0 Å². The molecule has 3 aromatic heterocycles. The largest absolute Gasteiger partial charge is 0.470 e. The molecule has 3 heterocycles. The second-order valence-corrected chi connectivity index (χ2v) is 7.81. The molecule has 0 aliphatic carbocycles. The summed E-state index contributed by atoms with van der Waals surface area (Å²) >= 11 is 0. The molecule has 0 amide bonds. The second-order valence-electron chi connectivity index (χ2n) is 7.81. The molecule has 32 heavy (non-hydrogen) atoms. The number of fused-ring (bicyclic) bond motifs is 3. The van der Waals surface area contributed by atoms with Crippen molar-refractivity contribution in [2.24, 2.45) is 0 Å². The molecule has 0 radical (unpaired) electrons. The van der Waals surface area contributed by atoms with Gasteiger partial charge in [0, 0.05) is 17.3 Å². The Morgan fingerprint density at radius 3 is 2.53 bits per heavy atom. The quantitative estimate of drug-likeness (QED) is 0.372. The molecule has 0 aliphatic rings. The Hall–Kier alpha value is -3.77. The Morgan fingerprint density at radius 1 is 0.875 bits per heavy atom. The standard InChI is InChI=1S/C26H25N5O/c1-19-16-28-25-23-12-5-6-13-24(23)26(30-31(19)25)32-18-22-11-7-10-21(29-22)17-27-15-14-20-8-3-2-4-9-20/h2-13,16,27H,14-15,17-18H2,1H3. The van der Waals surface area contributed by atoms with E-state index >= 15 is 0 Å². The van der Waals surface area contributed by atoms with Crippen LogP contribution in [0.25, 0.3) is 16.4 Å². The minimum atomic E-state index is 0.355. The maximum absolute atomic E-state index is 6.13. The van der Waals surface area contributed by atoms with Gasteiger partial charge in [-0.3, -0.25) is 4.98 Å². The molecule has 0 saturated heterocycles. The molecule has 0 fully saturated rings. The number of hydrogen-bond acceptors (Lipinski definition) is 5. The van der Waals surface area contributed by atoms with E-state index in [4.69, 9.17) is 9.72 Å². The fraction of sp³-hybridized carbons (Fsp3) is 0.192. The Bertz CT molecular complexity index is 1350. The summed E-state index contributed by atoms with van der Waals surface area (Å²) in [7, 11) is 0. The molecule has 6 heteroatoms. The van der Waals surface area contributed by atoms with Crippen LogP contribution in [-0.4, -0.2) is 26.1 Å². The topological polar surface area (TPSA) is 64.3 Å².